The summed E-state index contributed by atoms with van der Waals surface area (Å²) in [5, 5.41) is 4.36. The van der Waals surface area contributed by atoms with Crippen LogP contribution in [0.15, 0.2) is 36.4 Å². The number of ether oxygens (including phenoxy) is 4. The highest BCUT2D eigenvalue weighted by molar-refractivity contribution is 6.17. The Morgan fingerprint density at radius 1 is 0.600 bits per heavy atom. The Balaban J connectivity index is 2.10. The molecule has 1 N–H and O–H groups in total. The molecule has 1 heterocycles. The Morgan fingerprint density at radius 2 is 1.16 bits per heavy atom. The van der Waals surface area contributed by atoms with Gasteiger partial charge in [0, 0.05) is 22.2 Å². The molecule has 0 aliphatic rings. The zero-order valence-electron chi connectivity index (χ0n) is 14.6. The van der Waals surface area contributed by atoms with Gasteiger partial charge in [-0.1, -0.05) is 12.1 Å². The third-order valence-corrected chi connectivity index (χ3v) is 4.60. The van der Waals surface area contributed by atoms with Gasteiger partial charge in [-0.05, 0) is 23.6 Å². The zero-order valence-corrected chi connectivity index (χ0v) is 14.6. The first-order chi connectivity index (χ1) is 12.2. The summed E-state index contributed by atoms with van der Waals surface area (Å²) in [6, 6.07) is 12.1. The Bertz CT molecular complexity index is 1100. The summed E-state index contributed by atoms with van der Waals surface area (Å²) in [5.41, 5.74) is 2.04. The molecule has 25 heavy (non-hydrogen) atoms. The molecule has 0 saturated heterocycles. The van der Waals surface area contributed by atoms with Crippen LogP contribution in [0.3, 0.4) is 0 Å². The number of methoxy groups -OCH3 is 4. The van der Waals surface area contributed by atoms with E-state index in [2.05, 4.69) is 17.1 Å². The highest BCUT2D eigenvalue weighted by atomic mass is 16.5. The molecule has 4 rings (SSSR count). The van der Waals surface area contributed by atoms with Crippen molar-refractivity contribution in [1.82, 2.24) is 4.98 Å². The van der Waals surface area contributed by atoms with E-state index in [1.54, 1.807) is 28.4 Å². The molecule has 5 nitrogen and oxygen atoms in total. The van der Waals surface area contributed by atoms with Crippen molar-refractivity contribution in [1.29, 1.82) is 0 Å². The topological polar surface area (TPSA) is 52.7 Å². The Kier molecular flexibility index (Phi) is 3.57. The minimum atomic E-state index is 0.699. The van der Waals surface area contributed by atoms with Crippen LogP contribution in [0.5, 0.6) is 23.0 Å². The van der Waals surface area contributed by atoms with E-state index in [0.717, 1.165) is 32.6 Å². The van der Waals surface area contributed by atoms with E-state index in [4.69, 9.17) is 18.9 Å². The van der Waals surface area contributed by atoms with Crippen molar-refractivity contribution in [2.75, 3.05) is 28.4 Å². The lowest BCUT2D eigenvalue weighted by Crippen LogP contribution is -1.90. The van der Waals surface area contributed by atoms with Crippen molar-refractivity contribution >= 4 is 32.6 Å². The van der Waals surface area contributed by atoms with Crippen molar-refractivity contribution < 1.29 is 18.9 Å². The van der Waals surface area contributed by atoms with Gasteiger partial charge in [-0.3, -0.25) is 0 Å². The van der Waals surface area contributed by atoms with Crippen LogP contribution in [-0.4, -0.2) is 33.4 Å². The van der Waals surface area contributed by atoms with Crippen molar-refractivity contribution in [2.45, 2.75) is 0 Å². The molecule has 0 saturated carbocycles. The van der Waals surface area contributed by atoms with E-state index in [0.29, 0.717) is 23.0 Å². The lowest BCUT2D eigenvalue weighted by atomic mass is 10.0. The van der Waals surface area contributed by atoms with Crippen molar-refractivity contribution in [3.8, 4) is 23.0 Å². The summed E-state index contributed by atoms with van der Waals surface area (Å²) in [5.74, 6) is 2.83. The molecule has 5 heteroatoms. The van der Waals surface area contributed by atoms with Crippen LogP contribution in [0.4, 0.5) is 0 Å². The molecule has 0 amide bonds. The normalized spacial score (nSPS) is 11.2. The van der Waals surface area contributed by atoms with E-state index >= 15 is 0 Å². The van der Waals surface area contributed by atoms with Gasteiger partial charge in [-0.25, -0.2) is 0 Å². The van der Waals surface area contributed by atoms with E-state index < -0.39 is 0 Å². The number of aromatic nitrogens is 1. The minimum Gasteiger partial charge on any atom is -0.493 e. The molecule has 128 valence electrons. The van der Waals surface area contributed by atoms with Gasteiger partial charge >= 0.3 is 0 Å². The maximum absolute atomic E-state index is 5.46. The zero-order chi connectivity index (χ0) is 17.6. The summed E-state index contributed by atoms with van der Waals surface area (Å²) in [7, 11) is 6.57. The fourth-order valence-corrected chi connectivity index (χ4v) is 3.35. The molecule has 0 aliphatic carbocycles. The van der Waals surface area contributed by atoms with Crippen molar-refractivity contribution in [2.24, 2.45) is 0 Å². The standard InChI is InChI=1S/C20H19NO4/c1-22-16-7-11-5-6-12-14-9-18(24-3)19(25-4)10-15(14)21-20(12)13(11)8-17(16)23-2/h5-10,21H,1-4H3. The number of hydrogen-bond acceptors (Lipinski definition) is 4. The second kappa shape index (κ2) is 5.77. The van der Waals surface area contributed by atoms with Gasteiger partial charge in [0.1, 0.15) is 0 Å². The van der Waals surface area contributed by atoms with Crippen LogP contribution in [0.25, 0.3) is 32.6 Å². The minimum absolute atomic E-state index is 0.699. The Labute approximate surface area is 145 Å². The third-order valence-electron chi connectivity index (χ3n) is 4.60. The molecule has 0 aliphatic heterocycles. The van der Waals surface area contributed by atoms with Crippen LogP contribution in [-0.2, 0) is 0 Å². The predicted molar refractivity (Wildman–Crippen MR) is 99.5 cm³/mol. The Hall–Kier alpha value is -3.08. The number of nitrogens with one attached hydrogen (secondary N) is 1. The highest BCUT2D eigenvalue weighted by Gasteiger charge is 2.14. The molecule has 0 fully saturated rings. The summed E-state index contributed by atoms with van der Waals surface area (Å²) in [4.78, 5) is 3.50. The van der Waals surface area contributed by atoms with Crippen LogP contribution in [0.2, 0.25) is 0 Å². The lowest BCUT2D eigenvalue weighted by molar-refractivity contribution is 0.356. The molecule has 0 bridgehead atoms. The Morgan fingerprint density at radius 3 is 1.80 bits per heavy atom. The third kappa shape index (κ3) is 2.23. The van der Waals surface area contributed by atoms with Gasteiger partial charge in [0.25, 0.3) is 0 Å². The lowest BCUT2D eigenvalue weighted by Gasteiger charge is -2.09. The first-order valence-corrected chi connectivity index (χ1v) is 7.92. The fourth-order valence-electron chi connectivity index (χ4n) is 3.35. The highest BCUT2D eigenvalue weighted by Crippen LogP contribution is 2.40. The van der Waals surface area contributed by atoms with E-state index in [9.17, 15) is 0 Å². The summed E-state index contributed by atoms with van der Waals surface area (Å²) in [6.45, 7) is 0. The van der Waals surface area contributed by atoms with Crippen molar-refractivity contribution in [3.63, 3.8) is 0 Å². The van der Waals surface area contributed by atoms with Gasteiger partial charge in [0.15, 0.2) is 23.0 Å². The molecule has 0 radical (unpaired) electrons. The number of benzene rings is 3. The first kappa shape index (κ1) is 15.4. The SMILES string of the molecule is COc1cc2ccc3c4cc(OC)c(OC)cc4[nH]c3c2cc1OC. The van der Waals surface area contributed by atoms with Crippen LogP contribution >= 0.6 is 0 Å². The maximum atomic E-state index is 5.46. The maximum Gasteiger partial charge on any atom is 0.162 e. The smallest absolute Gasteiger partial charge is 0.162 e. The van der Waals surface area contributed by atoms with Gasteiger partial charge in [-0.15, -0.1) is 0 Å². The van der Waals surface area contributed by atoms with Crippen LogP contribution in [0, 0.1) is 0 Å². The van der Waals surface area contributed by atoms with E-state index in [1.807, 2.05) is 24.3 Å². The molecule has 0 spiro atoms. The van der Waals surface area contributed by atoms with Crippen LogP contribution < -0.4 is 18.9 Å². The molecule has 1 aromatic heterocycles. The largest absolute Gasteiger partial charge is 0.493 e. The number of hydrogen-bond donors (Lipinski definition) is 1. The number of aromatic amines is 1. The number of rotatable bonds is 4. The average molecular weight is 337 g/mol. The van der Waals surface area contributed by atoms with E-state index in [-0.39, 0.29) is 0 Å². The quantitative estimate of drug-likeness (QED) is 0.595. The second-order valence-corrected chi connectivity index (χ2v) is 5.79. The van der Waals surface area contributed by atoms with Gasteiger partial charge < -0.3 is 23.9 Å². The second-order valence-electron chi connectivity index (χ2n) is 5.79. The monoisotopic (exact) mass is 337 g/mol. The van der Waals surface area contributed by atoms with Crippen LogP contribution in [0.1, 0.15) is 0 Å². The summed E-state index contributed by atoms with van der Waals surface area (Å²) >= 11 is 0. The van der Waals surface area contributed by atoms with Crippen molar-refractivity contribution in [3.05, 3.63) is 36.4 Å². The molecule has 0 atom stereocenters. The first-order valence-electron chi connectivity index (χ1n) is 7.92. The molecule has 0 unspecified atom stereocenters. The summed E-state index contributed by atoms with van der Waals surface area (Å²) in [6.07, 6.45) is 0. The fraction of sp³-hybridized carbons (Fsp3) is 0.200. The molecule has 4 aromatic rings. The molecule has 3 aromatic carbocycles. The van der Waals surface area contributed by atoms with Gasteiger partial charge in [-0.2, -0.15) is 0 Å². The molecular formula is C20H19NO4. The van der Waals surface area contributed by atoms with Gasteiger partial charge in [0.2, 0.25) is 0 Å². The van der Waals surface area contributed by atoms with Gasteiger partial charge in [0.05, 0.1) is 39.5 Å². The molecular weight excluding hydrogens is 318 g/mol. The summed E-state index contributed by atoms with van der Waals surface area (Å²) < 4.78 is 21.7. The number of H-pyrrole nitrogens is 1. The van der Waals surface area contributed by atoms with E-state index in [1.165, 1.54) is 0 Å². The number of fused-ring (bicyclic) bond motifs is 5. The predicted octanol–water partition coefficient (Wildman–Crippen LogP) is 4.51. The average Bonchev–Trinajstić information content (AvgIpc) is 3.03.